The maximum absolute atomic E-state index is 13.3. The molecule has 4 N–H and O–H groups in total. The molecule has 1 aromatic carbocycles. The summed E-state index contributed by atoms with van der Waals surface area (Å²) in [6.45, 7) is 2.85. The van der Waals surface area contributed by atoms with Gasteiger partial charge in [-0.2, -0.15) is 0 Å². The van der Waals surface area contributed by atoms with E-state index in [1.165, 1.54) is 5.56 Å². The Morgan fingerprint density at radius 3 is 2.46 bits per heavy atom. The number of nitrogens with zero attached hydrogens (tertiary/aromatic N) is 3. The van der Waals surface area contributed by atoms with E-state index in [9.17, 15) is 19.8 Å². The van der Waals surface area contributed by atoms with Gasteiger partial charge in [0.25, 0.3) is 5.91 Å². The highest BCUT2D eigenvalue weighted by Crippen LogP contribution is 2.38. The number of hydrogen-bond acceptors (Lipinski definition) is 8. The van der Waals surface area contributed by atoms with Crippen molar-refractivity contribution < 1.29 is 24.5 Å². The Bertz CT molecular complexity index is 1040. The number of piperidine rings is 1. The second-order valence-electron chi connectivity index (χ2n) is 10.3. The van der Waals surface area contributed by atoms with Crippen LogP contribution in [0.2, 0.25) is 0 Å². The molecule has 200 valence electrons. The molecule has 3 heterocycles. The minimum atomic E-state index is -1.22. The zero-order valence-electron chi connectivity index (χ0n) is 21.3. The molecule has 9 nitrogen and oxygen atoms in total. The van der Waals surface area contributed by atoms with Gasteiger partial charge in [0.2, 0.25) is 0 Å². The molecule has 9 heteroatoms. The summed E-state index contributed by atoms with van der Waals surface area (Å²) in [5.74, 6) is -0.294. The molecule has 2 aromatic rings. The Kier molecular flexibility index (Phi) is 9.13. The SMILES string of the molecule is Nc1cccc(C(=O)N2CCCCC3(CCN(Cc4ccccc4)CC3)C(=O)OC[C@@H](O)[C@@H](O)CC2)n1. The maximum atomic E-state index is 13.3. The van der Waals surface area contributed by atoms with E-state index in [1.807, 2.05) is 18.2 Å². The molecule has 2 aliphatic heterocycles. The van der Waals surface area contributed by atoms with Crippen LogP contribution < -0.4 is 5.73 Å². The van der Waals surface area contributed by atoms with E-state index in [-0.39, 0.29) is 43.0 Å². The van der Waals surface area contributed by atoms with Crippen molar-refractivity contribution in [3.63, 3.8) is 0 Å². The van der Waals surface area contributed by atoms with Crippen LogP contribution in [0, 0.1) is 5.41 Å². The van der Waals surface area contributed by atoms with Crippen molar-refractivity contribution in [2.24, 2.45) is 5.41 Å². The standard InChI is InChI=1S/C28H38N4O5/c29-25-10-6-9-22(30-25)26(35)32-15-5-4-12-28(27(36)37-20-24(34)23(33)11-16-32)13-17-31(18-14-28)19-21-7-2-1-3-8-21/h1-3,6-10,23-24,33-34H,4-5,11-20H2,(H2,29,30)/t23-,24+/m0/s1. The maximum Gasteiger partial charge on any atom is 0.312 e. The minimum absolute atomic E-state index is 0.159. The number of rotatable bonds is 3. The summed E-state index contributed by atoms with van der Waals surface area (Å²) < 4.78 is 5.57. The summed E-state index contributed by atoms with van der Waals surface area (Å²) in [5.41, 5.74) is 6.63. The summed E-state index contributed by atoms with van der Waals surface area (Å²) in [7, 11) is 0. The number of anilines is 1. The molecule has 0 saturated carbocycles. The smallest absolute Gasteiger partial charge is 0.312 e. The average Bonchev–Trinajstić information content (AvgIpc) is 2.92. The number of pyridine rings is 1. The zero-order valence-corrected chi connectivity index (χ0v) is 21.3. The zero-order chi connectivity index (χ0) is 26.3. The van der Waals surface area contributed by atoms with Gasteiger partial charge in [0, 0.05) is 19.6 Å². The molecule has 4 rings (SSSR count). The van der Waals surface area contributed by atoms with Crippen LogP contribution >= 0.6 is 0 Å². The fourth-order valence-corrected chi connectivity index (χ4v) is 5.26. The number of aliphatic hydroxyl groups is 2. The van der Waals surface area contributed by atoms with Gasteiger partial charge in [-0.05, 0) is 62.9 Å². The molecule has 0 radical (unpaired) electrons. The first kappa shape index (κ1) is 27.0. The molecule has 37 heavy (non-hydrogen) atoms. The molecule has 2 atom stereocenters. The molecule has 0 aliphatic carbocycles. The Hall–Kier alpha value is -3.01. The highest BCUT2D eigenvalue weighted by molar-refractivity contribution is 5.92. The van der Waals surface area contributed by atoms with Gasteiger partial charge in [-0.25, -0.2) is 4.98 Å². The summed E-state index contributed by atoms with van der Waals surface area (Å²) in [6.07, 6.45) is 1.28. The summed E-state index contributed by atoms with van der Waals surface area (Å²) in [4.78, 5) is 34.6. The van der Waals surface area contributed by atoms with Crippen molar-refractivity contribution in [2.45, 2.75) is 57.3 Å². The second kappa shape index (κ2) is 12.5. The van der Waals surface area contributed by atoms with Crippen molar-refractivity contribution >= 4 is 17.7 Å². The van der Waals surface area contributed by atoms with E-state index in [1.54, 1.807) is 23.1 Å². The third-order valence-electron chi connectivity index (χ3n) is 7.63. The Balaban J connectivity index is 1.43. The van der Waals surface area contributed by atoms with Crippen molar-refractivity contribution in [3.8, 4) is 0 Å². The van der Waals surface area contributed by atoms with E-state index >= 15 is 0 Å². The van der Waals surface area contributed by atoms with E-state index in [0.29, 0.717) is 32.2 Å². The highest BCUT2D eigenvalue weighted by Gasteiger charge is 2.42. The quantitative estimate of drug-likeness (QED) is 0.536. The molecule has 2 aliphatic rings. The normalized spacial score (nSPS) is 23.9. The fourth-order valence-electron chi connectivity index (χ4n) is 5.26. The predicted octanol–water partition coefficient (Wildman–Crippen LogP) is 2.23. The van der Waals surface area contributed by atoms with E-state index in [4.69, 9.17) is 10.5 Å². The van der Waals surface area contributed by atoms with Crippen molar-refractivity contribution in [1.82, 2.24) is 14.8 Å². The van der Waals surface area contributed by atoms with Gasteiger partial charge < -0.3 is 25.6 Å². The van der Waals surface area contributed by atoms with Crippen LogP contribution in [0.3, 0.4) is 0 Å². The van der Waals surface area contributed by atoms with Gasteiger partial charge in [-0.1, -0.05) is 42.8 Å². The van der Waals surface area contributed by atoms with Crippen LogP contribution in [0.5, 0.6) is 0 Å². The molecule has 2 fully saturated rings. The van der Waals surface area contributed by atoms with Crippen molar-refractivity contribution in [3.05, 3.63) is 59.8 Å². The van der Waals surface area contributed by atoms with Crippen LogP contribution in [-0.4, -0.2) is 81.9 Å². The van der Waals surface area contributed by atoms with Gasteiger partial charge in [0.15, 0.2) is 0 Å². The van der Waals surface area contributed by atoms with Crippen LogP contribution in [0.1, 0.15) is 54.6 Å². The number of nitrogen functional groups attached to an aromatic ring is 1. The Labute approximate surface area is 218 Å². The van der Waals surface area contributed by atoms with Crippen LogP contribution in [-0.2, 0) is 16.1 Å². The van der Waals surface area contributed by atoms with Gasteiger partial charge in [0.05, 0.1) is 11.5 Å². The highest BCUT2D eigenvalue weighted by atomic mass is 16.5. The Morgan fingerprint density at radius 2 is 1.73 bits per heavy atom. The molecular formula is C28H38N4O5. The fraction of sp³-hybridized carbons (Fsp3) is 0.536. The number of ether oxygens (including phenoxy) is 1. The van der Waals surface area contributed by atoms with Crippen molar-refractivity contribution in [1.29, 1.82) is 0 Å². The van der Waals surface area contributed by atoms with Crippen LogP contribution in [0.4, 0.5) is 5.82 Å². The van der Waals surface area contributed by atoms with Gasteiger partial charge >= 0.3 is 5.97 Å². The number of nitrogens with two attached hydrogens (primary N) is 1. The lowest BCUT2D eigenvalue weighted by Crippen LogP contribution is -2.45. The lowest BCUT2D eigenvalue weighted by molar-refractivity contribution is -0.165. The number of carbonyl (C=O) groups excluding carboxylic acids is 2. The molecule has 2 saturated heterocycles. The first-order valence-corrected chi connectivity index (χ1v) is 13.2. The number of likely N-dealkylation sites (tertiary alicyclic amines) is 1. The lowest BCUT2D eigenvalue weighted by Gasteiger charge is -2.40. The number of esters is 1. The number of amides is 1. The third-order valence-corrected chi connectivity index (χ3v) is 7.63. The third kappa shape index (κ3) is 7.06. The van der Waals surface area contributed by atoms with Crippen LogP contribution in [0.15, 0.2) is 48.5 Å². The number of benzene rings is 1. The number of aliphatic hydroxyl groups excluding tert-OH is 2. The molecule has 0 bridgehead atoms. The second-order valence-corrected chi connectivity index (χ2v) is 10.3. The minimum Gasteiger partial charge on any atom is -0.462 e. The number of hydrogen-bond donors (Lipinski definition) is 3. The largest absolute Gasteiger partial charge is 0.462 e. The summed E-state index contributed by atoms with van der Waals surface area (Å²) >= 11 is 0. The molecule has 1 spiro atoms. The van der Waals surface area contributed by atoms with E-state index < -0.39 is 17.6 Å². The van der Waals surface area contributed by atoms with Gasteiger partial charge in [-0.15, -0.1) is 0 Å². The number of carbonyl (C=O) groups is 2. The van der Waals surface area contributed by atoms with Gasteiger partial charge in [0.1, 0.15) is 24.2 Å². The number of aromatic nitrogens is 1. The molecule has 0 unspecified atom stereocenters. The van der Waals surface area contributed by atoms with E-state index in [2.05, 4.69) is 22.0 Å². The lowest BCUT2D eigenvalue weighted by atomic mass is 9.74. The average molecular weight is 511 g/mol. The number of cyclic esters (lactones) is 1. The monoisotopic (exact) mass is 510 g/mol. The molecular weight excluding hydrogens is 472 g/mol. The Morgan fingerprint density at radius 1 is 0.973 bits per heavy atom. The van der Waals surface area contributed by atoms with Crippen molar-refractivity contribution in [2.75, 3.05) is 38.5 Å². The summed E-state index contributed by atoms with van der Waals surface area (Å²) in [6, 6.07) is 15.2. The topological polar surface area (TPSA) is 129 Å². The van der Waals surface area contributed by atoms with Crippen LogP contribution in [0.25, 0.3) is 0 Å². The predicted molar refractivity (Wildman–Crippen MR) is 139 cm³/mol. The molecule has 1 amide bonds. The first-order chi connectivity index (χ1) is 17.9. The van der Waals surface area contributed by atoms with Gasteiger partial charge in [-0.3, -0.25) is 14.5 Å². The first-order valence-electron chi connectivity index (χ1n) is 13.2. The van der Waals surface area contributed by atoms with E-state index in [0.717, 1.165) is 26.1 Å². The molecule has 1 aromatic heterocycles. The summed E-state index contributed by atoms with van der Waals surface area (Å²) in [5, 5.41) is 20.9.